The lowest BCUT2D eigenvalue weighted by molar-refractivity contribution is 0.969. The molecule has 18 heavy (non-hydrogen) atoms. The largest absolute Gasteiger partial charge is 0.370 e. The number of hydrogen-bond donors (Lipinski definition) is 2. The predicted octanol–water partition coefficient (Wildman–Crippen LogP) is 2.80. The molecule has 5 heteroatoms. The van der Waals surface area contributed by atoms with Crippen LogP contribution in [0.4, 0.5) is 10.9 Å². The van der Waals surface area contributed by atoms with Crippen molar-refractivity contribution in [3.05, 3.63) is 35.0 Å². The Labute approximate surface area is 111 Å². The summed E-state index contributed by atoms with van der Waals surface area (Å²) in [6.45, 7) is 2.97. The Kier molecular flexibility index (Phi) is 4.52. The average molecular weight is 262 g/mol. The highest BCUT2D eigenvalue weighted by Crippen LogP contribution is 2.19. The van der Waals surface area contributed by atoms with Crippen LogP contribution >= 0.6 is 11.3 Å². The number of nitrogens with one attached hydrogen (secondary N) is 2. The summed E-state index contributed by atoms with van der Waals surface area (Å²) in [5.74, 6) is 0.954. The van der Waals surface area contributed by atoms with Crippen LogP contribution in [0.3, 0.4) is 0 Å². The molecule has 2 aromatic heterocycles. The summed E-state index contributed by atoms with van der Waals surface area (Å²) < 4.78 is 0. The van der Waals surface area contributed by atoms with E-state index in [2.05, 4.69) is 39.7 Å². The van der Waals surface area contributed by atoms with Crippen molar-refractivity contribution in [3.63, 3.8) is 0 Å². The molecular formula is C13H18N4S. The fraction of sp³-hybridized carbons (Fsp3) is 0.385. The van der Waals surface area contributed by atoms with E-state index in [4.69, 9.17) is 0 Å². The molecule has 0 saturated carbocycles. The highest BCUT2D eigenvalue weighted by atomic mass is 32.1. The fourth-order valence-corrected chi connectivity index (χ4v) is 2.48. The quantitative estimate of drug-likeness (QED) is 0.840. The Bertz CT molecular complexity index is 495. The first-order chi connectivity index (χ1) is 8.81. The summed E-state index contributed by atoms with van der Waals surface area (Å²) in [5.41, 5.74) is 1.31. The van der Waals surface area contributed by atoms with Crippen molar-refractivity contribution in [2.75, 3.05) is 24.2 Å². The van der Waals surface area contributed by atoms with E-state index in [1.807, 2.05) is 19.4 Å². The topological polar surface area (TPSA) is 49.8 Å². The zero-order valence-corrected chi connectivity index (χ0v) is 11.5. The maximum Gasteiger partial charge on any atom is 0.182 e. The van der Waals surface area contributed by atoms with Crippen molar-refractivity contribution in [2.45, 2.75) is 19.8 Å². The lowest BCUT2D eigenvalue weighted by Gasteiger charge is -2.04. The van der Waals surface area contributed by atoms with Gasteiger partial charge in [-0.15, -0.1) is 11.3 Å². The van der Waals surface area contributed by atoms with Gasteiger partial charge < -0.3 is 10.6 Å². The second-order valence-corrected chi connectivity index (χ2v) is 5.08. The number of rotatable bonds is 6. The molecule has 2 rings (SSSR count). The van der Waals surface area contributed by atoms with E-state index in [1.54, 1.807) is 11.3 Å². The van der Waals surface area contributed by atoms with Crippen LogP contribution in [-0.2, 0) is 12.8 Å². The molecule has 0 saturated heterocycles. The van der Waals surface area contributed by atoms with E-state index in [-0.39, 0.29) is 0 Å². The van der Waals surface area contributed by atoms with Crippen molar-refractivity contribution < 1.29 is 0 Å². The fourth-order valence-electron chi connectivity index (χ4n) is 1.71. The van der Waals surface area contributed by atoms with E-state index in [9.17, 15) is 0 Å². The van der Waals surface area contributed by atoms with Gasteiger partial charge in [0.1, 0.15) is 5.82 Å². The molecule has 0 aromatic carbocycles. The van der Waals surface area contributed by atoms with Crippen molar-refractivity contribution in [1.29, 1.82) is 0 Å². The second kappa shape index (κ2) is 6.35. The van der Waals surface area contributed by atoms with Crippen LogP contribution in [0.2, 0.25) is 0 Å². The first-order valence-corrected chi connectivity index (χ1v) is 6.94. The molecule has 2 heterocycles. The zero-order valence-electron chi connectivity index (χ0n) is 10.7. The van der Waals surface area contributed by atoms with Gasteiger partial charge in [-0.2, -0.15) is 0 Å². The lowest BCUT2D eigenvalue weighted by Crippen LogP contribution is -2.00. The number of aryl methyl sites for hydroxylation is 2. The maximum atomic E-state index is 4.28. The lowest BCUT2D eigenvalue weighted by atomic mass is 10.1. The maximum absolute atomic E-state index is 4.28. The van der Waals surface area contributed by atoms with Crippen LogP contribution in [0, 0.1) is 0 Å². The zero-order chi connectivity index (χ0) is 12.8. The monoisotopic (exact) mass is 262 g/mol. The SMILES string of the molecule is CCNc1cc(CCc2cnc(NC)s2)ccn1. The Hall–Kier alpha value is -1.62. The van der Waals surface area contributed by atoms with Crippen LogP contribution in [-0.4, -0.2) is 23.6 Å². The van der Waals surface area contributed by atoms with Gasteiger partial charge in [-0.1, -0.05) is 0 Å². The number of anilines is 2. The molecule has 0 aliphatic heterocycles. The summed E-state index contributed by atoms with van der Waals surface area (Å²) in [4.78, 5) is 9.85. The van der Waals surface area contributed by atoms with Crippen LogP contribution in [0.25, 0.3) is 0 Å². The summed E-state index contributed by atoms with van der Waals surface area (Å²) in [7, 11) is 1.90. The van der Waals surface area contributed by atoms with Gasteiger partial charge in [-0.3, -0.25) is 0 Å². The first-order valence-electron chi connectivity index (χ1n) is 6.13. The van der Waals surface area contributed by atoms with Gasteiger partial charge in [0.25, 0.3) is 0 Å². The molecule has 0 aliphatic carbocycles. The van der Waals surface area contributed by atoms with Gasteiger partial charge in [0.2, 0.25) is 0 Å². The highest BCUT2D eigenvalue weighted by molar-refractivity contribution is 7.15. The molecule has 4 nitrogen and oxygen atoms in total. The van der Waals surface area contributed by atoms with E-state index >= 15 is 0 Å². The summed E-state index contributed by atoms with van der Waals surface area (Å²) in [6, 6.07) is 4.18. The number of aromatic nitrogens is 2. The first kappa shape index (κ1) is 12.8. The molecule has 0 radical (unpaired) electrons. The molecule has 0 atom stereocenters. The normalized spacial score (nSPS) is 10.3. The molecular weight excluding hydrogens is 244 g/mol. The van der Waals surface area contributed by atoms with Crippen LogP contribution in [0.5, 0.6) is 0 Å². The van der Waals surface area contributed by atoms with Crippen LogP contribution in [0.1, 0.15) is 17.4 Å². The summed E-state index contributed by atoms with van der Waals surface area (Å²) >= 11 is 1.71. The molecule has 2 N–H and O–H groups in total. The van der Waals surface area contributed by atoms with Crippen molar-refractivity contribution in [3.8, 4) is 0 Å². The molecule has 0 fully saturated rings. The standard InChI is InChI=1S/C13H18N4S/c1-3-15-12-8-10(6-7-16-12)4-5-11-9-17-13(14-2)18-11/h6-9H,3-5H2,1-2H3,(H,14,17)(H,15,16). The van der Waals surface area contributed by atoms with E-state index in [0.717, 1.165) is 30.3 Å². The van der Waals surface area contributed by atoms with Crippen molar-refractivity contribution in [2.24, 2.45) is 0 Å². The minimum absolute atomic E-state index is 0.900. The van der Waals surface area contributed by atoms with Gasteiger partial charge in [-0.25, -0.2) is 9.97 Å². The highest BCUT2D eigenvalue weighted by Gasteiger charge is 2.02. The Morgan fingerprint density at radius 1 is 1.28 bits per heavy atom. The molecule has 0 amide bonds. The van der Waals surface area contributed by atoms with Gasteiger partial charge in [0.15, 0.2) is 5.13 Å². The molecule has 0 aliphatic rings. The third-order valence-corrected chi connectivity index (χ3v) is 3.68. The van der Waals surface area contributed by atoms with Crippen LogP contribution < -0.4 is 10.6 Å². The van der Waals surface area contributed by atoms with E-state index in [1.165, 1.54) is 10.4 Å². The molecule has 96 valence electrons. The number of pyridine rings is 1. The summed E-state index contributed by atoms with van der Waals surface area (Å²) in [5, 5.41) is 7.27. The van der Waals surface area contributed by atoms with Crippen molar-refractivity contribution in [1.82, 2.24) is 9.97 Å². The third-order valence-electron chi connectivity index (χ3n) is 2.61. The van der Waals surface area contributed by atoms with Gasteiger partial charge >= 0.3 is 0 Å². The number of nitrogens with zero attached hydrogens (tertiary/aromatic N) is 2. The Morgan fingerprint density at radius 2 is 2.17 bits per heavy atom. The Morgan fingerprint density at radius 3 is 2.89 bits per heavy atom. The van der Waals surface area contributed by atoms with Gasteiger partial charge in [-0.05, 0) is 37.5 Å². The van der Waals surface area contributed by atoms with E-state index < -0.39 is 0 Å². The van der Waals surface area contributed by atoms with Gasteiger partial charge in [0, 0.05) is 30.9 Å². The third kappa shape index (κ3) is 3.43. The molecule has 0 bridgehead atoms. The van der Waals surface area contributed by atoms with Crippen molar-refractivity contribution >= 4 is 22.3 Å². The predicted molar refractivity (Wildman–Crippen MR) is 77.5 cm³/mol. The van der Waals surface area contributed by atoms with Gasteiger partial charge in [0.05, 0.1) is 0 Å². The van der Waals surface area contributed by atoms with E-state index in [0.29, 0.717) is 0 Å². The smallest absolute Gasteiger partial charge is 0.182 e. The summed E-state index contributed by atoms with van der Waals surface area (Å²) in [6.07, 6.45) is 5.85. The second-order valence-electron chi connectivity index (χ2n) is 3.96. The average Bonchev–Trinajstić information content (AvgIpc) is 2.85. The number of thiazole rings is 1. The minimum Gasteiger partial charge on any atom is -0.370 e. The van der Waals surface area contributed by atoms with Crippen LogP contribution in [0.15, 0.2) is 24.5 Å². The number of hydrogen-bond acceptors (Lipinski definition) is 5. The molecule has 2 aromatic rings. The minimum atomic E-state index is 0.900. The molecule has 0 unspecified atom stereocenters. The molecule has 0 spiro atoms. The Balaban J connectivity index is 1.94.